The smallest absolute Gasteiger partial charge is 0.188 e. The van der Waals surface area contributed by atoms with Crippen molar-refractivity contribution >= 4 is 38.1 Å². The maximum atomic E-state index is 4.35. The Morgan fingerprint density at radius 2 is 1.94 bits per heavy atom. The molecule has 1 heterocycles. The van der Waals surface area contributed by atoms with E-state index in [9.17, 15) is 0 Å². The van der Waals surface area contributed by atoms with Gasteiger partial charge in [-0.2, -0.15) is 0 Å². The van der Waals surface area contributed by atoms with E-state index in [1.807, 2.05) is 11.4 Å². The predicted molar refractivity (Wildman–Crippen MR) is 78.2 cm³/mol. The summed E-state index contributed by atoms with van der Waals surface area (Å²) in [7, 11) is 0. The lowest BCUT2D eigenvalue weighted by Crippen LogP contribution is -2.13. The highest BCUT2D eigenvalue weighted by molar-refractivity contribution is 9.10. The molecule has 0 aliphatic carbocycles. The number of halogens is 1. The molecule has 0 radical (unpaired) electrons. The molecule has 4 heteroatoms. The molecule has 0 saturated heterocycles. The molecule has 0 saturated carbocycles. The number of hydrogen-bond acceptors (Lipinski definition) is 3. The van der Waals surface area contributed by atoms with E-state index >= 15 is 0 Å². The third-order valence-electron chi connectivity index (χ3n) is 2.45. The molecule has 0 atom stereocenters. The summed E-state index contributed by atoms with van der Waals surface area (Å²) < 4.78 is 0.873. The Balaban J connectivity index is 2.33. The fourth-order valence-electron chi connectivity index (χ4n) is 1.67. The van der Waals surface area contributed by atoms with Gasteiger partial charge in [-0.1, -0.05) is 39.0 Å². The van der Waals surface area contributed by atoms with Crippen LogP contribution in [0.1, 0.15) is 26.3 Å². The van der Waals surface area contributed by atoms with Crippen LogP contribution in [0.2, 0.25) is 0 Å². The molecule has 0 spiro atoms. The number of nitrogens with one attached hydrogen (secondary N) is 1. The largest absolute Gasteiger partial charge is 0.331 e. The lowest BCUT2D eigenvalue weighted by Gasteiger charge is -2.22. The Morgan fingerprint density at radius 3 is 2.53 bits per heavy atom. The van der Waals surface area contributed by atoms with Crippen molar-refractivity contribution in [2.45, 2.75) is 26.2 Å². The molecular weight excluding hydrogens is 296 g/mol. The summed E-state index contributed by atoms with van der Waals surface area (Å²) in [4.78, 5) is 4.35. The van der Waals surface area contributed by atoms with E-state index in [0.29, 0.717) is 0 Å². The molecule has 90 valence electrons. The van der Waals surface area contributed by atoms with E-state index in [1.54, 1.807) is 11.3 Å². The van der Waals surface area contributed by atoms with Crippen molar-refractivity contribution in [3.8, 4) is 0 Å². The predicted octanol–water partition coefficient (Wildman–Crippen LogP) is 4.95. The summed E-state index contributed by atoms with van der Waals surface area (Å²) in [5, 5.41) is 6.26. The fraction of sp³-hybridized carbons (Fsp3) is 0.308. The Labute approximate surface area is 114 Å². The summed E-state index contributed by atoms with van der Waals surface area (Å²) in [6.45, 7) is 6.64. The van der Waals surface area contributed by atoms with Gasteiger partial charge in [0, 0.05) is 11.1 Å². The van der Waals surface area contributed by atoms with Gasteiger partial charge >= 0.3 is 0 Å². The first kappa shape index (κ1) is 12.6. The van der Waals surface area contributed by atoms with Crippen LogP contribution in [0.4, 0.5) is 10.8 Å². The molecule has 0 amide bonds. The first-order valence-corrected chi connectivity index (χ1v) is 7.11. The maximum Gasteiger partial charge on any atom is 0.188 e. The third-order valence-corrected chi connectivity index (χ3v) is 3.92. The number of thiazole rings is 1. The van der Waals surface area contributed by atoms with Crippen LogP contribution in [0.3, 0.4) is 0 Å². The second-order valence-corrected chi connectivity index (χ2v) is 6.57. The summed E-state index contributed by atoms with van der Waals surface area (Å²) >= 11 is 4.96. The van der Waals surface area contributed by atoms with Crippen molar-refractivity contribution in [2.75, 3.05) is 5.32 Å². The first-order valence-electron chi connectivity index (χ1n) is 5.44. The van der Waals surface area contributed by atoms with Crippen LogP contribution in [-0.2, 0) is 5.41 Å². The first-order chi connectivity index (χ1) is 7.97. The van der Waals surface area contributed by atoms with Crippen molar-refractivity contribution in [1.29, 1.82) is 0 Å². The highest BCUT2D eigenvalue weighted by Gasteiger charge is 2.17. The number of para-hydroxylation sites is 1. The quantitative estimate of drug-likeness (QED) is 0.849. The van der Waals surface area contributed by atoms with Crippen molar-refractivity contribution in [2.24, 2.45) is 0 Å². The molecule has 0 bridgehead atoms. The van der Waals surface area contributed by atoms with E-state index in [1.165, 1.54) is 5.56 Å². The molecular formula is C13H15BrN2S. The minimum atomic E-state index is 0.123. The number of nitrogens with zero attached hydrogens (tertiary/aromatic N) is 1. The van der Waals surface area contributed by atoms with Gasteiger partial charge in [0.15, 0.2) is 5.13 Å². The fourth-order valence-corrected chi connectivity index (χ4v) is 2.83. The molecule has 0 aliphatic rings. The number of anilines is 2. The van der Waals surface area contributed by atoms with Crippen LogP contribution < -0.4 is 5.32 Å². The molecule has 2 rings (SSSR count). The van der Waals surface area contributed by atoms with E-state index in [-0.39, 0.29) is 5.41 Å². The molecule has 2 aromatic rings. The minimum absolute atomic E-state index is 0.123. The van der Waals surface area contributed by atoms with Crippen LogP contribution in [0.5, 0.6) is 0 Å². The van der Waals surface area contributed by atoms with Crippen molar-refractivity contribution in [3.05, 3.63) is 39.8 Å². The van der Waals surface area contributed by atoms with Gasteiger partial charge in [-0.05, 0) is 33.0 Å². The Bertz CT molecular complexity index is 514. The molecule has 1 N–H and O–H groups in total. The van der Waals surface area contributed by atoms with Crippen molar-refractivity contribution < 1.29 is 0 Å². The summed E-state index contributed by atoms with van der Waals surface area (Å²) in [5.74, 6) is 0. The zero-order valence-corrected chi connectivity index (χ0v) is 12.5. The minimum Gasteiger partial charge on any atom is -0.331 e. The van der Waals surface area contributed by atoms with Crippen LogP contribution >= 0.6 is 27.3 Å². The standard InChI is InChI=1S/C13H15BrN2S/c1-13(2,3)9-6-4-5-7-10(9)15-12-16-11(14)8-17-12/h4-8H,1-3H3,(H,15,16). The summed E-state index contributed by atoms with van der Waals surface area (Å²) in [6, 6.07) is 8.37. The summed E-state index contributed by atoms with van der Waals surface area (Å²) in [5.41, 5.74) is 2.55. The van der Waals surface area contributed by atoms with Crippen LogP contribution in [0.25, 0.3) is 0 Å². The van der Waals surface area contributed by atoms with Crippen LogP contribution in [0.15, 0.2) is 34.2 Å². The van der Waals surface area contributed by atoms with Crippen LogP contribution in [-0.4, -0.2) is 4.98 Å². The van der Waals surface area contributed by atoms with Gasteiger partial charge in [0.05, 0.1) is 0 Å². The number of rotatable bonds is 2. The highest BCUT2D eigenvalue weighted by Crippen LogP contribution is 2.32. The lowest BCUT2D eigenvalue weighted by molar-refractivity contribution is 0.592. The van der Waals surface area contributed by atoms with Crippen molar-refractivity contribution in [3.63, 3.8) is 0 Å². The highest BCUT2D eigenvalue weighted by atomic mass is 79.9. The van der Waals surface area contributed by atoms with Crippen LogP contribution in [0, 0.1) is 0 Å². The summed E-state index contributed by atoms with van der Waals surface area (Å²) in [6.07, 6.45) is 0. The second-order valence-electron chi connectivity index (χ2n) is 4.90. The van der Waals surface area contributed by atoms with E-state index in [0.717, 1.165) is 15.4 Å². The molecule has 1 aromatic heterocycles. The number of benzene rings is 1. The second kappa shape index (κ2) is 4.78. The monoisotopic (exact) mass is 310 g/mol. The zero-order valence-electron chi connectivity index (χ0n) is 10.1. The Morgan fingerprint density at radius 1 is 1.24 bits per heavy atom. The van der Waals surface area contributed by atoms with Gasteiger partial charge in [-0.25, -0.2) is 4.98 Å². The Kier molecular flexibility index (Phi) is 3.54. The van der Waals surface area contributed by atoms with Gasteiger partial charge in [0.1, 0.15) is 4.60 Å². The Hall–Kier alpha value is -0.870. The SMILES string of the molecule is CC(C)(C)c1ccccc1Nc1nc(Br)cs1. The van der Waals surface area contributed by atoms with Gasteiger partial charge in [-0.15, -0.1) is 11.3 Å². The van der Waals surface area contributed by atoms with Gasteiger partial charge in [-0.3, -0.25) is 0 Å². The van der Waals surface area contributed by atoms with Gasteiger partial charge < -0.3 is 5.32 Å². The zero-order chi connectivity index (χ0) is 12.5. The van der Waals surface area contributed by atoms with Gasteiger partial charge in [0.25, 0.3) is 0 Å². The van der Waals surface area contributed by atoms with E-state index in [4.69, 9.17) is 0 Å². The van der Waals surface area contributed by atoms with Crippen molar-refractivity contribution in [1.82, 2.24) is 4.98 Å². The molecule has 0 unspecified atom stereocenters. The number of hydrogen-bond donors (Lipinski definition) is 1. The van der Waals surface area contributed by atoms with E-state index in [2.05, 4.69) is 65.2 Å². The molecule has 2 nitrogen and oxygen atoms in total. The number of aromatic nitrogens is 1. The molecule has 17 heavy (non-hydrogen) atoms. The normalized spacial score (nSPS) is 11.5. The third kappa shape index (κ3) is 3.07. The molecule has 1 aromatic carbocycles. The average Bonchev–Trinajstić information content (AvgIpc) is 2.63. The lowest BCUT2D eigenvalue weighted by atomic mass is 9.86. The molecule has 0 aliphatic heterocycles. The maximum absolute atomic E-state index is 4.35. The average molecular weight is 311 g/mol. The molecule has 0 fully saturated rings. The van der Waals surface area contributed by atoms with E-state index < -0.39 is 0 Å². The van der Waals surface area contributed by atoms with Gasteiger partial charge in [0.2, 0.25) is 0 Å². The topological polar surface area (TPSA) is 24.9 Å².